The van der Waals surface area contributed by atoms with Crippen LogP contribution < -0.4 is 14.8 Å². The number of nitrogens with zero attached hydrogens (tertiary/aromatic N) is 1. The van der Waals surface area contributed by atoms with E-state index in [0.717, 1.165) is 12.8 Å². The maximum absolute atomic E-state index is 12.3. The van der Waals surface area contributed by atoms with Crippen LogP contribution in [0.5, 0.6) is 11.5 Å². The van der Waals surface area contributed by atoms with E-state index >= 15 is 0 Å². The first-order valence-corrected chi connectivity index (χ1v) is 7.20. The van der Waals surface area contributed by atoms with E-state index in [1.165, 1.54) is 25.3 Å². The van der Waals surface area contributed by atoms with Crippen molar-refractivity contribution in [2.75, 3.05) is 26.7 Å². The van der Waals surface area contributed by atoms with E-state index < -0.39 is 12.5 Å². The first-order valence-electron chi connectivity index (χ1n) is 7.20. The lowest BCUT2D eigenvalue weighted by Crippen LogP contribution is -2.38. The molecule has 1 heterocycles. The first-order chi connectivity index (χ1) is 11.0. The summed E-state index contributed by atoms with van der Waals surface area (Å²) in [6.45, 7) is -1.66. The third kappa shape index (κ3) is 4.54. The molecule has 0 spiro atoms. The van der Waals surface area contributed by atoms with Crippen molar-refractivity contribution in [3.05, 3.63) is 23.8 Å². The third-order valence-electron chi connectivity index (χ3n) is 3.50. The van der Waals surface area contributed by atoms with Crippen molar-refractivity contribution in [3.8, 4) is 11.5 Å². The summed E-state index contributed by atoms with van der Waals surface area (Å²) in [6, 6.07) is 3.84. The molecule has 0 bridgehead atoms. The van der Waals surface area contributed by atoms with Gasteiger partial charge in [0, 0.05) is 18.7 Å². The Bertz CT molecular complexity index is 575. The second-order valence-corrected chi connectivity index (χ2v) is 5.01. The summed E-state index contributed by atoms with van der Waals surface area (Å²) in [4.78, 5) is 25.6. The van der Waals surface area contributed by atoms with Crippen LogP contribution in [-0.4, -0.2) is 50.1 Å². The van der Waals surface area contributed by atoms with Gasteiger partial charge in [-0.3, -0.25) is 9.59 Å². The number of ether oxygens (including phenoxy) is 2. The van der Waals surface area contributed by atoms with E-state index in [9.17, 15) is 18.4 Å². The van der Waals surface area contributed by atoms with E-state index in [2.05, 4.69) is 10.1 Å². The molecule has 0 unspecified atom stereocenters. The maximum atomic E-state index is 12.3. The predicted molar refractivity (Wildman–Crippen MR) is 77.8 cm³/mol. The average Bonchev–Trinajstić information content (AvgIpc) is 3.06. The number of benzene rings is 1. The largest absolute Gasteiger partial charge is 0.493 e. The molecule has 0 aromatic heterocycles. The molecular formula is C15H18F2N2O4. The summed E-state index contributed by atoms with van der Waals surface area (Å²) in [5, 5.41) is 2.51. The highest BCUT2D eigenvalue weighted by Gasteiger charge is 2.19. The average molecular weight is 328 g/mol. The van der Waals surface area contributed by atoms with Crippen molar-refractivity contribution in [1.82, 2.24) is 10.2 Å². The number of rotatable bonds is 6. The smallest absolute Gasteiger partial charge is 0.387 e. The molecule has 1 aliphatic heterocycles. The summed E-state index contributed by atoms with van der Waals surface area (Å²) in [6.07, 6.45) is 1.95. The van der Waals surface area contributed by atoms with E-state index in [1.54, 1.807) is 4.90 Å². The van der Waals surface area contributed by atoms with Crippen molar-refractivity contribution >= 4 is 11.8 Å². The van der Waals surface area contributed by atoms with Gasteiger partial charge in [0.2, 0.25) is 5.91 Å². The van der Waals surface area contributed by atoms with Crippen LogP contribution >= 0.6 is 0 Å². The molecule has 1 aliphatic rings. The van der Waals surface area contributed by atoms with Gasteiger partial charge in [0.25, 0.3) is 5.91 Å². The number of amides is 2. The van der Waals surface area contributed by atoms with Crippen LogP contribution in [0, 0.1) is 0 Å². The van der Waals surface area contributed by atoms with E-state index in [1.807, 2.05) is 0 Å². The van der Waals surface area contributed by atoms with Gasteiger partial charge in [-0.05, 0) is 31.0 Å². The molecule has 23 heavy (non-hydrogen) atoms. The lowest BCUT2D eigenvalue weighted by molar-refractivity contribution is -0.129. The Morgan fingerprint density at radius 2 is 1.96 bits per heavy atom. The summed E-state index contributed by atoms with van der Waals surface area (Å²) in [5.74, 6) is -0.768. The number of nitrogens with one attached hydrogen (secondary N) is 1. The Balaban J connectivity index is 1.97. The van der Waals surface area contributed by atoms with Crippen LogP contribution in [-0.2, 0) is 4.79 Å². The van der Waals surface area contributed by atoms with Crippen molar-refractivity contribution in [2.45, 2.75) is 19.5 Å². The quantitative estimate of drug-likeness (QED) is 0.862. The van der Waals surface area contributed by atoms with Crippen LogP contribution in [0.15, 0.2) is 18.2 Å². The molecule has 0 radical (unpaired) electrons. The zero-order chi connectivity index (χ0) is 16.8. The lowest BCUT2D eigenvalue weighted by atomic mass is 10.2. The molecule has 0 aliphatic carbocycles. The van der Waals surface area contributed by atoms with Gasteiger partial charge in [-0.2, -0.15) is 8.78 Å². The molecule has 0 atom stereocenters. The second kappa shape index (κ2) is 7.75. The third-order valence-corrected chi connectivity index (χ3v) is 3.50. The molecule has 1 N–H and O–H groups in total. The fraction of sp³-hybridized carbons (Fsp3) is 0.467. The minimum Gasteiger partial charge on any atom is -0.493 e. The predicted octanol–water partition coefficient (Wildman–Crippen LogP) is 1.65. The molecule has 2 rings (SSSR count). The van der Waals surface area contributed by atoms with Crippen LogP contribution in [0.25, 0.3) is 0 Å². The number of hydrogen-bond donors (Lipinski definition) is 1. The first kappa shape index (κ1) is 17.0. The molecule has 1 aromatic carbocycles. The van der Waals surface area contributed by atoms with Crippen molar-refractivity contribution in [2.24, 2.45) is 0 Å². The van der Waals surface area contributed by atoms with Gasteiger partial charge >= 0.3 is 6.61 Å². The molecular weight excluding hydrogens is 310 g/mol. The minimum atomic E-state index is -2.98. The van der Waals surface area contributed by atoms with Gasteiger partial charge < -0.3 is 19.7 Å². The topological polar surface area (TPSA) is 67.9 Å². The number of methoxy groups -OCH3 is 1. The van der Waals surface area contributed by atoms with E-state index in [0.29, 0.717) is 13.1 Å². The van der Waals surface area contributed by atoms with Crippen LogP contribution in [0.3, 0.4) is 0 Å². The summed E-state index contributed by atoms with van der Waals surface area (Å²) >= 11 is 0. The number of likely N-dealkylation sites (tertiary alicyclic amines) is 1. The zero-order valence-electron chi connectivity index (χ0n) is 12.7. The van der Waals surface area contributed by atoms with Gasteiger partial charge in [-0.25, -0.2) is 0 Å². The fourth-order valence-corrected chi connectivity index (χ4v) is 2.34. The zero-order valence-corrected chi connectivity index (χ0v) is 12.7. The van der Waals surface area contributed by atoms with Gasteiger partial charge in [-0.1, -0.05) is 0 Å². The minimum absolute atomic E-state index is 0.0174. The van der Waals surface area contributed by atoms with Gasteiger partial charge in [-0.15, -0.1) is 0 Å². The Morgan fingerprint density at radius 3 is 2.57 bits per heavy atom. The Hall–Kier alpha value is -2.38. The Morgan fingerprint density at radius 1 is 1.26 bits per heavy atom. The lowest BCUT2D eigenvalue weighted by Gasteiger charge is -2.15. The summed E-state index contributed by atoms with van der Waals surface area (Å²) < 4.78 is 33.7. The molecule has 1 fully saturated rings. The molecule has 6 nitrogen and oxygen atoms in total. The Labute approximate surface area is 132 Å². The van der Waals surface area contributed by atoms with Crippen molar-refractivity contribution in [1.29, 1.82) is 0 Å². The van der Waals surface area contributed by atoms with Crippen LogP contribution in [0.1, 0.15) is 23.2 Å². The van der Waals surface area contributed by atoms with Gasteiger partial charge in [0.15, 0.2) is 11.5 Å². The molecule has 2 amide bonds. The highest BCUT2D eigenvalue weighted by molar-refractivity contribution is 5.97. The number of carbonyl (C=O) groups is 2. The SMILES string of the molecule is COc1cc(C(=O)NCC(=O)N2CCCC2)ccc1OC(F)F. The van der Waals surface area contributed by atoms with Crippen LogP contribution in [0.2, 0.25) is 0 Å². The van der Waals surface area contributed by atoms with E-state index in [4.69, 9.17) is 4.74 Å². The molecule has 126 valence electrons. The number of alkyl halides is 2. The van der Waals surface area contributed by atoms with Crippen molar-refractivity contribution < 1.29 is 27.8 Å². The second-order valence-electron chi connectivity index (χ2n) is 5.01. The standard InChI is InChI=1S/C15H18F2N2O4/c1-22-12-8-10(4-5-11(12)23-15(16)17)14(21)18-9-13(20)19-6-2-3-7-19/h4-5,8,15H,2-3,6-7,9H2,1H3,(H,18,21). The monoisotopic (exact) mass is 328 g/mol. The number of carbonyl (C=O) groups excluding carboxylic acids is 2. The van der Waals surface area contributed by atoms with E-state index in [-0.39, 0.29) is 29.5 Å². The normalized spacial score (nSPS) is 14.0. The van der Waals surface area contributed by atoms with Crippen molar-refractivity contribution in [3.63, 3.8) is 0 Å². The molecule has 0 saturated carbocycles. The summed E-state index contributed by atoms with van der Waals surface area (Å²) in [5.41, 5.74) is 0.192. The highest BCUT2D eigenvalue weighted by Crippen LogP contribution is 2.29. The number of hydrogen-bond acceptors (Lipinski definition) is 4. The molecule has 1 saturated heterocycles. The summed E-state index contributed by atoms with van der Waals surface area (Å²) in [7, 11) is 1.28. The van der Waals surface area contributed by atoms with Crippen LogP contribution in [0.4, 0.5) is 8.78 Å². The van der Waals surface area contributed by atoms with Gasteiger partial charge in [0.05, 0.1) is 13.7 Å². The maximum Gasteiger partial charge on any atom is 0.387 e. The fourth-order valence-electron chi connectivity index (χ4n) is 2.34. The molecule has 8 heteroatoms. The Kier molecular flexibility index (Phi) is 5.72. The van der Waals surface area contributed by atoms with Gasteiger partial charge in [0.1, 0.15) is 0 Å². The molecule has 1 aromatic rings. The number of halogens is 2. The highest BCUT2D eigenvalue weighted by atomic mass is 19.3.